The Morgan fingerprint density at radius 1 is 1.38 bits per heavy atom. The Morgan fingerprint density at radius 3 is 2.75 bits per heavy atom. The van der Waals surface area contributed by atoms with Gasteiger partial charge in [0.25, 0.3) is 5.78 Å². The molecule has 1 unspecified atom stereocenters. The van der Waals surface area contributed by atoms with E-state index in [0.29, 0.717) is 31.1 Å². The van der Waals surface area contributed by atoms with Gasteiger partial charge in [-0.25, -0.2) is 9.50 Å². The first kappa shape index (κ1) is 18.3. The Labute approximate surface area is 143 Å². The molecule has 0 aliphatic rings. The summed E-state index contributed by atoms with van der Waals surface area (Å²) in [5.74, 6) is 1.16. The molecule has 132 valence electrons. The second-order valence-electron chi connectivity index (χ2n) is 6.74. The van der Waals surface area contributed by atoms with Crippen LogP contribution in [-0.2, 0) is 11.2 Å². The molecule has 0 saturated heterocycles. The molecule has 0 aliphatic heterocycles. The molecule has 0 aromatic carbocycles. The van der Waals surface area contributed by atoms with Crippen molar-refractivity contribution in [1.29, 1.82) is 0 Å². The molecule has 0 bridgehead atoms. The van der Waals surface area contributed by atoms with Crippen molar-refractivity contribution in [3.05, 3.63) is 23.3 Å². The summed E-state index contributed by atoms with van der Waals surface area (Å²) in [4.78, 5) is 22.7. The number of carbonyl (C=O) groups is 1. The molecular formula is C17H28N6O. The summed E-state index contributed by atoms with van der Waals surface area (Å²) in [5, 5.41) is 4.18. The van der Waals surface area contributed by atoms with Crippen LogP contribution in [0.3, 0.4) is 0 Å². The van der Waals surface area contributed by atoms with E-state index in [9.17, 15) is 4.79 Å². The first-order valence-corrected chi connectivity index (χ1v) is 8.46. The van der Waals surface area contributed by atoms with Crippen LogP contribution >= 0.6 is 0 Å². The third-order valence-electron chi connectivity index (χ3n) is 4.66. The van der Waals surface area contributed by atoms with Gasteiger partial charge in [0.2, 0.25) is 5.91 Å². The van der Waals surface area contributed by atoms with E-state index in [1.165, 1.54) is 6.33 Å². The summed E-state index contributed by atoms with van der Waals surface area (Å²) in [7, 11) is 1.84. The lowest BCUT2D eigenvalue weighted by Gasteiger charge is -2.22. The van der Waals surface area contributed by atoms with Crippen LogP contribution in [0.2, 0.25) is 0 Å². The molecule has 1 amide bonds. The van der Waals surface area contributed by atoms with E-state index >= 15 is 0 Å². The summed E-state index contributed by atoms with van der Waals surface area (Å²) in [5.41, 5.74) is 9.01. The first-order chi connectivity index (χ1) is 11.3. The summed E-state index contributed by atoms with van der Waals surface area (Å²) in [6.07, 6.45) is 3.43. The first-order valence-electron chi connectivity index (χ1n) is 8.46. The number of hydrogen-bond acceptors (Lipinski definition) is 5. The molecule has 2 heterocycles. The van der Waals surface area contributed by atoms with Crippen LogP contribution in [0.5, 0.6) is 0 Å². The van der Waals surface area contributed by atoms with Gasteiger partial charge in [-0.1, -0.05) is 13.8 Å². The van der Waals surface area contributed by atoms with Crippen LogP contribution in [0.1, 0.15) is 43.6 Å². The van der Waals surface area contributed by atoms with Gasteiger partial charge in [0.05, 0.1) is 0 Å². The maximum absolute atomic E-state index is 12.4. The lowest BCUT2D eigenvalue weighted by Crippen LogP contribution is -2.34. The zero-order chi connectivity index (χ0) is 17.9. The van der Waals surface area contributed by atoms with Crippen molar-refractivity contribution in [2.45, 2.75) is 53.0 Å². The van der Waals surface area contributed by atoms with Gasteiger partial charge in [0.1, 0.15) is 6.33 Å². The van der Waals surface area contributed by atoms with E-state index in [-0.39, 0.29) is 11.9 Å². The average molecular weight is 332 g/mol. The fraction of sp³-hybridized carbons (Fsp3) is 0.647. The van der Waals surface area contributed by atoms with Crippen LogP contribution in [0, 0.1) is 19.8 Å². The number of nitrogens with two attached hydrogens (primary N) is 1. The topological polar surface area (TPSA) is 89.4 Å². The summed E-state index contributed by atoms with van der Waals surface area (Å²) >= 11 is 0. The predicted molar refractivity (Wildman–Crippen MR) is 93.6 cm³/mol. The number of carbonyl (C=O) groups excluding carboxylic acids is 1. The normalized spacial score (nSPS) is 12.8. The zero-order valence-electron chi connectivity index (χ0n) is 15.3. The van der Waals surface area contributed by atoms with Crippen molar-refractivity contribution < 1.29 is 4.79 Å². The smallest absolute Gasteiger partial charge is 0.252 e. The Hall–Kier alpha value is -2.02. The lowest BCUT2D eigenvalue weighted by molar-refractivity contribution is -0.129. The standard InChI is InChI=1S/C17H28N6O/c1-11(2)15(18)8-9-22(5)16(24)7-6-14-12(3)21-17-19-10-20-23(17)13(14)4/h10-11,15H,6-9,18H2,1-5H3. The van der Waals surface area contributed by atoms with E-state index < -0.39 is 0 Å². The maximum Gasteiger partial charge on any atom is 0.252 e. The fourth-order valence-electron chi connectivity index (χ4n) is 2.74. The van der Waals surface area contributed by atoms with Crippen molar-refractivity contribution in [3.8, 4) is 0 Å². The van der Waals surface area contributed by atoms with Crippen LogP contribution in [-0.4, -0.2) is 50.0 Å². The summed E-state index contributed by atoms with van der Waals surface area (Å²) in [6.45, 7) is 8.83. The van der Waals surface area contributed by atoms with E-state index in [0.717, 1.165) is 23.4 Å². The number of fused-ring (bicyclic) bond motifs is 1. The highest BCUT2D eigenvalue weighted by Crippen LogP contribution is 2.15. The van der Waals surface area contributed by atoms with Crippen LogP contribution in [0.15, 0.2) is 6.33 Å². The molecular weight excluding hydrogens is 304 g/mol. The monoisotopic (exact) mass is 332 g/mol. The quantitative estimate of drug-likeness (QED) is 0.830. The molecule has 2 aromatic heterocycles. The van der Waals surface area contributed by atoms with Crippen molar-refractivity contribution in [2.24, 2.45) is 11.7 Å². The molecule has 0 spiro atoms. The number of nitrogens with zero attached hydrogens (tertiary/aromatic N) is 5. The van der Waals surface area contributed by atoms with Crippen molar-refractivity contribution in [3.63, 3.8) is 0 Å². The SMILES string of the molecule is Cc1nc2ncnn2c(C)c1CCC(=O)N(C)CCC(N)C(C)C. The summed E-state index contributed by atoms with van der Waals surface area (Å²) in [6, 6.07) is 0.128. The molecule has 0 fully saturated rings. The predicted octanol–water partition coefficient (Wildman–Crippen LogP) is 1.51. The van der Waals surface area contributed by atoms with Gasteiger partial charge < -0.3 is 10.6 Å². The van der Waals surface area contributed by atoms with E-state index in [4.69, 9.17) is 5.73 Å². The van der Waals surface area contributed by atoms with E-state index in [2.05, 4.69) is 28.9 Å². The Balaban J connectivity index is 1.96. The number of aryl methyl sites for hydroxylation is 2. The van der Waals surface area contributed by atoms with Gasteiger partial charge in [-0.3, -0.25) is 4.79 Å². The molecule has 0 aliphatic carbocycles. The van der Waals surface area contributed by atoms with Gasteiger partial charge in [0.15, 0.2) is 0 Å². The minimum absolute atomic E-state index is 0.128. The van der Waals surface area contributed by atoms with Crippen LogP contribution in [0.4, 0.5) is 0 Å². The third-order valence-corrected chi connectivity index (χ3v) is 4.66. The number of aromatic nitrogens is 4. The number of rotatable bonds is 7. The molecule has 7 heteroatoms. The molecule has 2 rings (SSSR count). The number of hydrogen-bond donors (Lipinski definition) is 1. The van der Waals surface area contributed by atoms with Gasteiger partial charge in [-0.05, 0) is 38.2 Å². The van der Waals surface area contributed by atoms with E-state index in [1.54, 1.807) is 9.42 Å². The minimum Gasteiger partial charge on any atom is -0.346 e. The fourth-order valence-corrected chi connectivity index (χ4v) is 2.74. The van der Waals surface area contributed by atoms with Crippen LogP contribution in [0.25, 0.3) is 5.78 Å². The molecule has 0 saturated carbocycles. The molecule has 2 N–H and O–H groups in total. The Kier molecular flexibility index (Phi) is 5.88. The van der Waals surface area contributed by atoms with Gasteiger partial charge in [0, 0.05) is 37.4 Å². The van der Waals surface area contributed by atoms with Crippen molar-refractivity contribution >= 4 is 11.7 Å². The molecule has 24 heavy (non-hydrogen) atoms. The highest BCUT2D eigenvalue weighted by Gasteiger charge is 2.16. The second kappa shape index (κ2) is 7.70. The molecule has 7 nitrogen and oxygen atoms in total. The Bertz CT molecular complexity index is 708. The zero-order valence-corrected chi connectivity index (χ0v) is 15.3. The second-order valence-corrected chi connectivity index (χ2v) is 6.74. The van der Waals surface area contributed by atoms with Gasteiger partial charge in [-0.2, -0.15) is 10.1 Å². The van der Waals surface area contributed by atoms with E-state index in [1.807, 2.05) is 20.9 Å². The third kappa shape index (κ3) is 4.08. The maximum atomic E-state index is 12.4. The largest absolute Gasteiger partial charge is 0.346 e. The highest BCUT2D eigenvalue weighted by molar-refractivity contribution is 5.76. The van der Waals surface area contributed by atoms with Crippen LogP contribution < -0.4 is 5.73 Å². The molecule has 0 radical (unpaired) electrons. The Morgan fingerprint density at radius 2 is 2.08 bits per heavy atom. The van der Waals surface area contributed by atoms with Crippen molar-refractivity contribution in [2.75, 3.05) is 13.6 Å². The van der Waals surface area contributed by atoms with Crippen molar-refractivity contribution in [1.82, 2.24) is 24.5 Å². The minimum atomic E-state index is 0.128. The molecule has 1 atom stereocenters. The average Bonchev–Trinajstić information content (AvgIpc) is 2.99. The summed E-state index contributed by atoms with van der Waals surface area (Å²) < 4.78 is 1.72. The highest BCUT2D eigenvalue weighted by atomic mass is 16.2. The number of amides is 1. The molecule has 2 aromatic rings. The van der Waals surface area contributed by atoms with Gasteiger partial charge >= 0.3 is 0 Å². The van der Waals surface area contributed by atoms with Gasteiger partial charge in [-0.15, -0.1) is 0 Å². The lowest BCUT2D eigenvalue weighted by atomic mass is 10.0.